The van der Waals surface area contributed by atoms with Crippen molar-refractivity contribution in [1.29, 1.82) is 0 Å². The van der Waals surface area contributed by atoms with Crippen LogP contribution >= 0.6 is 0 Å². The zero-order chi connectivity index (χ0) is 22.6. The molecule has 0 aliphatic carbocycles. The van der Waals surface area contributed by atoms with Crippen LogP contribution in [0.25, 0.3) is 0 Å². The minimum atomic E-state index is -4.42. The Balaban J connectivity index is 1.74. The highest BCUT2D eigenvalue weighted by molar-refractivity contribution is 7.89. The fraction of sp³-hybridized carbons (Fsp3) is 0.409. The molecule has 1 aliphatic rings. The van der Waals surface area contributed by atoms with Gasteiger partial charge in [-0.3, -0.25) is 4.79 Å². The van der Waals surface area contributed by atoms with Gasteiger partial charge in [0.25, 0.3) is 5.91 Å². The molecule has 2 aromatic carbocycles. The smallest absolute Gasteiger partial charge is 0.337 e. The number of benzene rings is 2. The number of amides is 1. The molecular formula is C22H25F3N2O3S. The minimum absolute atomic E-state index is 0.0724. The Morgan fingerprint density at radius 1 is 1.00 bits per heavy atom. The van der Waals surface area contributed by atoms with Crippen molar-refractivity contribution in [3.8, 4) is 0 Å². The van der Waals surface area contributed by atoms with Gasteiger partial charge in [0.2, 0.25) is 10.0 Å². The second-order valence-corrected chi connectivity index (χ2v) is 9.64. The molecule has 0 N–H and O–H groups in total. The molecule has 0 aromatic heterocycles. The van der Waals surface area contributed by atoms with E-state index in [2.05, 4.69) is 0 Å². The van der Waals surface area contributed by atoms with E-state index < -0.39 is 27.7 Å². The Morgan fingerprint density at radius 3 is 2.19 bits per heavy atom. The van der Waals surface area contributed by atoms with E-state index >= 15 is 0 Å². The highest BCUT2D eigenvalue weighted by atomic mass is 32.2. The maximum atomic E-state index is 13.0. The third-order valence-corrected chi connectivity index (χ3v) is 7.23. The van der Waals surface area contributed by atoms with E-state index in [0.717, 1.165) is 37.8 Å². The molecule has 0 spiro atoms. The summed E-state index contributed by atoms with van der Waals surface area (Å²) in [6, 6.07) is 10.5. The Bertz CT molecular complexity index is 1010. The largest absolute Gasteiger partial charge is 0.416 e. The summed E-state index contributed by atoms with van der Waals surface area (Å²) in [5.74, 6) is -0.409. The third-order valence-electron chi connectivity index (χ3n) is 5.33. The number of nitrogens with zero attached hydrogens (tertiary/aromatic N) is 2. The van der Waals surface area contributed by atoms with E-state index in [4.69, 9.17) is 0 Å². The molecule has 1 fully saturated rings. The maximum absolute atomic E-state index is 13.0. The van der Waals surface area contributed by atoms with E-state index in [1.807, 2.05) is 0 Å². The van der Waals surface area contributed by atoms with Gasteiger partial charge < -0.3 is 4.90 Å². The minimum Gasteiger partial charge on any atom is -0.337 e. The first-order chi connectivity index (χ1) is 14.6. The van der Waals surface area contributed by atoms with Crippen LogP contribution in [0, 0.1) is 0 Å². The van der Waals surface area contributed by atoms with Gasteiger partial charge in [-0.25, -0.2) is 8.42 Å². The standard InChI is InChI=1S/C22H25F3N2O3S/c1-26(16-17-9-11-19(12-10-17)22(23,24)25)21(28)18-7-6-8-20(15-18)31(29,30)27-13-4-2-3-5-14-27/h6-12,15H,2-5,13-14,16H2,1H3. The van der Waals surface area contributed by atoms with E-state index in [9.17, 15) is 26.4 Å². The quantitative estimate of drug-likeness (QED) is 0.667. The summed E-state index contributed by atoms with van der Waals surface area (Å²) in [7, 11) is -2.16. The van der Waals surface area contributed by atoms with Crippen LogP contribution in [-0.4, -0.2) is 43.7 Å². The van der Waals surface area contributed by atoms with Crippen molar-refractivity contribution >= 4 is 15.9 Å². The van der Waals surface area contributed by atoms with Crippen LogP contribution in [-0.2, 0) is 22.7 Å². The number of alkyl halides is 3. The molecular weight excluding hydrogens is 429 g/mol. The number of hydrogen-bond acceptors (Lipinski definition) is 3. The van der Waals surface area contributed by atoms with Crippen molar-refractivity contribution in [3.63, 3.8) is 0 Å². The third kappa shape index (κ3) is 5.65. The Kier molecular flexibility index (Phi) is 7.06. The molecule has 5 nitrogen and oxygen atoms in total. The number of sulfonamides is 1. The molecule has 31 heavy (non-hydrogen) atoms. The molecule has 168 valence electrons. The van der Waals surface area contributed by atoms with Crippen molar-refractivity contribution in [3.05, 3.63) is 65.2 Å². The molecule has 0 unspecified atom stereocenters. The predicted molar refractivity (Wildman–Crippen MR) is 111 cm³/mol. The first kappa shape index (κ1) is 23.3. The molecule has 1 aliphatic heterocycles. The number of halogens is 3. The monoisotopic (exact) mass is 454 g/mol. The summed E-state index contributed by atoms with van der Waals surface area (Å²) < 4.78 is 65.6. The topological polar surface area (TPSA) is 57.7 Å². The van der Waals surface area contributed by atoms with Gasteiger partial charge in [0.15, 0.2) is 0 Å². The van der Waals surface area contributed by atoms with Crippen LogP contribution < -0.4 is 0 Å². The highest BCUT2D eigenvalue weighted by Crippen LogP contribution is 2.29. The highest BCUT2D eigenvalue weighted by Gasteiger charge is 2.30. The summed E-state index contributed by atoms with van der Waals surface area (Å²) >= 11 is 0. The lowest BCUT2D eigenvalue weighted by Crippen LogP contribution is -2.32. The zero-order valence-electron chi connectivity index (χ0n) is 17.2. The van der Waals surface area contributed by atoms with Crippen LogP contribution in [0.4, 0.5) is 13.2 Å². The first-order valence-electron chi connectivity index (χ1n) is 10.1. The Labute approximate surface area is 180 Å². The molecule has 9 heteroatoms. The van der Waals surface area contributed by atoms with Gasteiger partial charge in [0.05, 0.1) is 10.5 Å². The molecule has 1 heterocycles. The normalized spacial score (nSPS) is 16.0. The van der Waals surface area contributed by atoms with Gasteiger partial charge in [0.1, 0.15) is 0 Å². The summed E-state index contributed by atoms with van der Waals surface area (Å²) in [6.07, 6.45) is -0.792. The van der Waals surface area contributed by atoms with Crippen LogP contribution in [0.2, 0.25) is 0 Å². The summed E-state index contributed by atoms with van der Waals surface area (Å²) in [5, 5.41) is 0. The van der Waals surface area contributed by atoms with Gasteiger partial charge in [-0.1, -0.05) is 31.0 Å². The van der Waals surface area contributed by atoms with Crippen LogP contribution in [0.5, 0.6) is 0 Å². The summed E-state index contributed by atoms with van der Waals surface area (Å²) in [5.41, 5.74) is -0.000786. The maximum Gasteiger partial charge on any atom is 0.416 e. The Hall–Kier alpha value is -2.39. The molecule has 0 bridgehead atoms. The van der Waals surface area contributed by atoms with Gasteiger partial charge in [-0.2, -0.15) is 17.5 Å². The molecule has 1 saturated heterocycles. The zero-order valence-corrected chi connectivity index (χ0v) is 18.0. The number of rotatable bonds is 5. The average molecular weight is 455 g/mol. The fourth-order valence-corrected chi connectivity index (χ4v) is 5.15. The van der Waals surface area contributed by atoms with Crippen LogP contribution in [0.3, 0.4) is 0 Å². The van der Waals surface area contributed by atoms with Gasteiger partial charge in [-0.15, -0.1) is 0 Å². The van der Waals surface area contributed by atoms with Crippen molar-refractivity contribution in [2.45, 2.75) is 43.3 Å². The van der Waals surface area contributed by atoms with Gasteiger partial charge in [0, 0.05) is 32.2 Å². The predicted octanol–water partition coefficient (Wildman–Crippen LogP) is 4.54. The van der Waals surface area contributed by atoms with E-state index in [1.54, 1.807) is 0 Å². The lowest BCUT2D eigenvalue weighted by atomic mass is 10.1. The molecule has 0 atom stereocenters. The Morgan fingerprint density at radius 2 is 1.61 bits per heavy atom. The van der Waals surface area contributed by atoms with Crippen LogP contribution in [0.1, 0.15) is 47.2 Å². The van der Waals surface area contributed by atoms with E-state index in [-0.39, 0.29) is 17.0 Å². The van der Waals surface area contributed by atoms with Crippen molar-refractivity contribution in [1.82, 2.24) is 9.21 Å². The molecule has 3 rings (SSSR count). The molecule has 1 amide bonds. The van der Waals surface area contributed by atoms with E-state index in [0.29, 0.717) is 18.7 Å². The van der Waals surface area contributed by atoms with Crippen LogP contribution in [0.15, 0.2) is 53.4 Å². The second kappa shape index (κ2) is 9.40. The second-order valence-electron chi connectivity index (χ2n) is 7.70. The summed E-state index contributed by atoms with van der Waals surface area (Å²) in [6.45, 7) is 1.03. The molecule has 0 saturated carbocycles. The van der Waals surface area contributed by atoms with Crippen molar-refractivity contribution in [2.24, 2.45) is 0 Å². The molecule has 0 radical (unpaired) electrons. The first-order valence-corrected chi connectivity index (χ1v) is 11.5. The SMILES string of the molecule is CN(Cc1ccc(C(F)(F)F)cc1)C(=O)c1cccc(S(=O)(=O)N2CCCCCC2)c1. The van der Waals surface area contributed by atoms with Gasteiger partial charge >= 0.3 is 6.18 Å². The van der Waals surface area contributed by atoms with Gasteiger partial charge in [-0.05, 0) is 48.7 Å². The lowest BCUT2D eigenvalue weighted by molar-refractivity contribution is -0.137. The fourth-order valence-electron chi connectivity index (χ4n) is 3.59. The van der Waals surface area contributed by atoms with Crippen molar-refractivity contribution < 1.29 is 26.4 Å². The number of carbonyl (C=O) groups excluding carboxylic acids is 1. The van der Waals surface area contributed by atoms with E-state index in [1.165, 1.54) is 52.7 Å². The molecule has 2 aromatic rings. The lowest BCUT2D eigenvalue weighted by Gasteiger charge is -2.21. The number of hydrogen-bond donors (Lipinski definition) is 0. The number of carbonyl (C=O) groups is 1. The average Bonchev–Trinajstić information content (AvgIpc) is 3.03. The summed E-state index contributed by atoms with van der Waals surface area (Å²) in [4.78, 5) is 14.2. The van der Waals surface area contributed by atoms with Crippen molar-refractivity contribution in [2.75, 3.05) is 20.1 Å².